The Morgan fingerprint density at radius 3 is 2.46 bits per heavy atom. The second kappa shape index (κ2) is 7.96. The lowest BCUT2D eigenvalue weighted by atomic mass is 10.0. The Kier molecular flexibility index (Phi) is 5.44. The summed E-state index contributed by atoms with van der Waals surface area (Å²) < 4.78 is 10.5. The van der Waals surface area contributed by atoms with E-state index in [1.54, 1.807) is 18.2 Å². The van der Waals surface area contributed by atoms with E-state index >= 15 is 0 Å². The molecule has 7 heteroatoms. The first-order chi connectivity index (χ1) is 13.4. The molecule has 1 amide bonds. The first kappa shape index (κ1) is 19.2. The summed E-state index contributed by atoms with van der Waals surface area (Å²) in [4.78, 5) is 35.1. The van der Waals surface area contributed by atoms with Crippen LogP contribution in [0.3, 0.4) is 0 Å². The molecular weight excluding hydrogens is 362 g/mol. The number of rotatable bonds is 5. The topological polar surface area (TPSA) is 106 Å². The minimum atomic E-state index is -0.596. The van der Waals surface area contributed by atoms with Crippen LogP contribution in [0.15, 0.2) is 51.7 Å². The van der Waals surface area contributed by atoms with Crippen LogP contribution in [-0.2, 0) is 22.6 Å². The normalized spacial score (nSPS) is 10.6. The number of carbonyl (C=O) groups is 2. The number of carbonyl (C=O) groups excluding carboxylic acids is 2. The van der Waals surface area contributed by atoms with Crippen molar-refractivity contribution in [3.8, 4) is 5.75 Å². The van der Waals surface area contributed by atoms with E-state index in [2.05, 4.69) is 5.32 Å². The van der Waals surface area contributed by atoms with Crippen LogP contribution >= 0.6 is 0 Å². The molecule has 3 aromatic rings. The Bertz CT molecular complexity index is 1100. The van der Waals surface area contributed by atoms with Crippen molar-refractivity contribution in [3.05, 3.63) is 69.6 Å². The molecular formula is C21H19NO6. The van der Waals surface area contributed by atoms with Crippen molar-refractivity contribution in [1.29, 1.82) is 0 Å². The van der Waals surface area contributed by atoms with Gasteiger partial charge in [-0.15, -0.1) is 0 Å². The number of fused-ring (bicyclic) bond motifs is 1. The van der Waals surface area contributed by atoms with E-state index in [4.69, 9.17) is 9.15 Å². The Balaban J connectivity index is 1.82. The number of esters is 1. The molecule has 2 N–H and O–H groups in total. The third-order valence-electron chi connectivity index (χ3n) is 4.21. The molecule has 1 heterocycles. The van der Waals surface area contributed by atoms with Crippen molar-refractivity contribution in [2.45, 2.75) is 26.9 Å². The molecule has 0 radical (unpaired) electrons. The monoisotopic (exact) mass is 381 g/mol. The molecule has 0 aliphatic rings. The van der Waals surface area contributed by atoms with Crippen LogP contribution in [0.1, 0.15) is 35.3 Å². The van der Waals surface area contributed by atoms with Crippen LogP contribution in [0.4, 0.5) is 5.69 Å². The van der Waals surface area contributed by atoms with Gasteiger partial charge >= 0.3 is 11.6 Å². The van der Waals surface area contributed by atoms with Crippen molar-refractivity contribution in [3.63, 3.8) is 0 Å². The molecule has 0 bridgehead atoms. The lowest BCUT2D eigenvalue weighted by Crippen LogP contribution is -2.09. The van der Waals surface area contributed by atoms with E-state index in [-0.39, 0.29) is 23.8 Å². The molecule has 0 unspecified atom stereocenters. The Morgan fingerprint density at radius 1 is 1.11 bits per heavy atom. The number of hydrogen-bond acceptors (Lipinski definition) is 6. The second-order valence-corrected chi connectivity index (χ2v) is 6.26. The lowest BCUT2D eigenvalue weighted by molar-refractivity contribution is -0.114. The van der Waals surface area contributed by atoms with Gasteiger partial charge in [-0.2, -0.15) is 0 Å². The van der Waals surface area contributed by atoms with Crippen molar-refractivity contribution >= 4 is 28.5 Å². The average Bonchev–Trinajstić information content (AvgIpc) is 2.65. The summed E-state index contributed by atoms with van der Waals surface area (Å²) in [6.07, 6.45) is 0.598. The molecule has 0 spiro atoms. The van der Waals surface area contributed by atoms with E-state index in [1.165, 1.54) is 31.2 Å². The van der Waals surface area contributed by atoms with Crippen molar-refractivity contribution in [2.75, 3.05) is 5.32 Å². The van der Waals surface area contributed by atoms with E-state index < -0.39 is 11.6 Å². The smallest absolute Gasteiger partial charge is 0.338 e. The molecule has 0 saturated carbocycles. The van der Waals surface area contributed by atoms with Crippen LogP contribution in [0, 0.1) is 0 Å². The third kappa shape index (κ3) is 4.20. The van der Waals surface area contributed by atoms with E-state index in [0.29, 0.717) is 34.2 Å². The molecule has 0 aliphatic heterocycles. The van der Waals surface area contributed by atoms with Gasteiger partial charge in [-0.05, 0) is 42.3 Å². The summed E-state index contributed by atoms with van der Waals surface area (Å²) in [6, 6.07) is 10.7. The zero-order chi connectivity index (χ0) is 20.3. The van der Waals surface area contributed by atoms with Gasteiger partial charge in [0.15, 0.2) is 0 Å². The first-order valence-electron chi connectivity index (χ1n) is 8.70. The van der Waals surface area contributed by atoms with E-state index in [9.17, 15) is 19.5 Å². The highest BCUT2D eigenvalue weighted by Crippen LogP contribution is 2.27. The number of benzene rings is 2. The minimum Gasteiger partial charge on any atom is -0.508 e. The number of aromatic hydroxyl groups is 1. The highest BCUT2D eigenvalue weighted by Gasteiger charge is 2.13. The molecule has 7 nitrogen and oxygen atoms in total. The fourth-order valence-corrected chi connectivity index (χ4v) is 2.83. The maximum absolute atomic E-state index is 12.3. The summed E-state index contributed by atoms with van der Waals surface area (Å²) in [5.74, 6) is -0.723. The highest BCUT2D eigenvalue weighted by atomic mass is 16.5. The number of aryl methyl sites for hydroxylation is 1. The first-order valence-corrected chi connectivity index (χ1v) is 8.70. The van der Waals surface area contributed by atoms with Gasteiger partial charge < -0.3 is 19.6 Å². The van der Waals surface area contributed by atoms with Crippen LogP contribution in [0.25, 0.3) is 11.0 Å². The molecule has 0 atom stereocenters. The third-order valence-corrected chi connectivity index (χ3v) is 4.21. The molecule has 3 rings (SSSR count). The summed E-state index contributed by atoms with van der Waals surface area (Å²) in [5, 5.41) is 13.2. The summed E-state index contributed by atoms with van der Waals surface area (Å²) >= 11 is 0. The van der Waals surface area contributed by atoms with Gasteiger partial charge in [-0.25, -0.2) is 9.59 Å². The van der Waals surface area contributed by atoms with Gasteiger partial charge in [0.05, 0.1) is 5.56 Å². The second-order valence-electron chi connectivity index (χ2n) is 6.26. The molecule has 0 aliphatic carbocycles. The number of nitrogens with one attached hydrogen (secondary N) is 1. The Morgan fingerprint density at radius 2 is 1.82 bits per heavy atom. The molecule has 1 aromatic heterocycles. The number of anilines is 1. The molecule has 144 valence electrons. The van der Waals surface area contributed by atoms with E-state index in [0.717, 1.165) is 0 Å². The molecule has 28 heavy (non-hydrogen) atoms. The standard InChI is InChI=1S/C21H19NO6/c1-3-13-8-17-15(9-20(25)28-19(17)10-18(13)24)11-27-21(26)14-4-6-16(7-5-14)22-12(2)23/h4-10,24H,3,11H2,1-2H3,(H,22,23). The number of phenolic OH excluding ortho intramolecular Hbond substituents is 1. The summed E-state index contributed by atoms with van der Waals surface area (Å²) in [6.45, 7) is 3.17. The highest BCUT2D eigenvalue weighted by molar-refractivity contribution is 5.92. The fraction of sp³-hybridized carbons (Fsp3) is 0.190. The van der Waals surface area contributed by atoms with Gasteiger partial charge in [0.1, 0.15) is 17.9 Å². The Hall–Kier alpha value is -3.61. The van der Waals surface area contributed by atoms with Crippen LogP contribution < -0.4 is 10.9 Å². The zero-order valence-electron chi connectivity index (χ0n) is 15.4. The summed E-state index contributed by atoms with van der Waals surface area (Å²) in [7, 11) is 0. The van der Waals surface area contributed by atoms with Crippen molar-refractivity contribution < 1.29 is 23.8 Å². The maximum atomic E-state index is 12.3. The zero-order valence-corrected chi connectivity index (χ0v) is 15.4. The number of phenols is 1. The number of amides is 1. The predicted molar refractivity (Wildman–Crippen MR) is 103 cm³/mol. The minimum absolute atomic E-state index is 0.0477. The van der Waals surface area contributed by atoms with Gasteiger partial charge in [0.2, 0.25) is 5.91 Å². The number of ether oxygens (including phenoxy) is 1. The van der Waals surface area contributed by atoms with Crippen LogP contribution in [0.2, 0.25) is 0 Å². The van der Waals surface area contributed by atoms with Gasteiger partial charge in [0.25, 0.3) is 0 Å². The van der Waals surface area contributed by atoms with E-state index in [1.807, 2.05) is 6.92 Å². The average molecular weight is 381 g/mol. The fourth-order valence-electron chi connectivity index (χ4n) is 2.83. The van der Waals surface area contributed by atoms with Crippen molar-refractivity contribution in [1.82, 2.24) is 0 Å². The molecule has 0 saturated heterocycles. The SMILES string of the molecule is CCc1cc2c(COC(=O)c3ccc(NC(C)=O)cc3)cc(=O)oc2cc1O. The summed E-state index contributed by atoms with van der Waals surface area (Å²) in [5.41, 5.74) is 1.71. The largest absolute Gasteiger partial charge is 0.508 e. The van der Waals surface area contributed by atoms with Crippen molar-refractivity contribution in [2.24, 2.45) is 0 Å². The maximum Gasteiger partial charge on any atom is 0.338 e. The molecule has 0 fully saturated rings. The van der Waals surface area contributed by atoms with Gasteiger partial charge in [-0.3, -0.25) is 4.79 Å². The predicted octanol–water partition coefficient (Wildman–Crippen LogP) is 3.38. The Labute approximate surface area is 160 Å². The number of hydrogen-bond donors (Lipinski definition) is 2. The van der Waals surface area contributed by atoms with Crippen LogP contribution in [0.5, 0.6) is 5.75 Å². The lowest BCUT2D eigenvalue weighted by Gasteiger charge is -2.10. The van der Waals surface area contributed by atoms with Gasteiger partial charge in [-0.1, -0.05) is 6.92 Å². The van der Waals surface area contributed by atoms with Gasteiger partial charge in [0, 0.05) is 35.7 Å². The quantitative estimate of drug-likeness (QED) is 0.518. The van der Waals surface area contributed by atoms with Crippen LogP contribution in [-0.4, -0.2) is 17.0 Å². The molecule has 2 aromatic carbocycles.